The Morgan fingerprint density at radius 2 is 1.89 bits per heavy atom. The van der Waals surface area contributed by atoms with Crippen molar-refractivity contribution in [2.45, 2.75) is 59.0 Å². The second-order valence-corrected chi connectivity index (χ2v) is 6.74. The van der Waals surface area contributed by atoms with Crippen LogP contribution in [0.15, 0.2) is 0 Å². The lowest BCUT2D eigenvalue weighted by molar-refractivity contribution is -0.121. The first kappa shape index (κ1) is 16.4. The molecule has 2 N–H and O–H groups in total. The summed E-state index contributed by atoms with van der Waals surface area (Å²) in [6.45, 7) is 14.4. The molecule has 0 aliphatic carbocycles. The molecule has 4 heteroatoms. The maximum Gasteiger partial charge on any atom is 0.234 e. The number of nitrogens with one attached hydrogen (secondary N) is 2. The minimum absolute atomic E-state index is 0.0883. The van der Waals surface area contributed by atoms with E-state index >= 15 is 0 Å². The second kappa shape index (κ2) is 7.25. The maximum absolute atomic E-state index is 11.8. The summed E-state index contributed by atoms with van der Waals surface area (Å²) < 4.78 is 0. The fourth-order valence-electron chi connectivity index (χ4n) is 2.65. The minimum Gasteiger partial charge on any atom is -0.350 e. The van der Waals surface area contributed by atoms with Crippen molar-refractivity contribution in [2.24, 2.45) is 5.92 Å². The molecule has 1 saturated heterocycles. The van der Waals surface area contributed by atoms with E-state index in [0.29, 0.717) is 18.5 Å². The average Bonchev–Trinajstić information content (AvgIpc) is 2.34. The molecular weight excluding hydrogens is 238 g/mol. The lowest BCUT2D eigenvalue weighted by Gasteiger charge is -2.34. The molecule has 19 heavy (non-hydrogen) atoms. The van der Waals surface area contributed by atoms with Crippen molar-refractivity contribution < 1.29 is 4.79 Å². The molecule has 0 radical (unpaired) electrons. The number of carbonyl (C=O) groups excluding carboxylic acids is 1. The Balaban J connectivity index is 2.24. The van der Waals surface area contributed by atoms with E-state index in [1.54, 1.807) is 0 Å². The summed E-state index contributed by atoms with van der Waals surface area (Å²) in [6.07, 6.45) is 2.48. The molecule has 0 spiro atoms. The van der Waals surface area contributed by atoms with Crippen molar-refractivity contribution in [2.75, 3.05) is 26.2 Å². The van der Waals surface area contributed by atoms with Gasteiger partial charge in [0.15, 0.2) is 0 Å². The lowest BCUT2D eigenvalue weighted by Crippen LogP contribution is -2.48. The summed E-state index contributed by atoms with van der Waals surface area (Å²) in [5, 5.41) is 6.36. The highest BCUT2D eigenvalue weighted by Gasteiger charge is 2.23. The molecule has 1 amide bonds. The van der Waals surface area contributed by atoms with Gasteiger partial charge in [-0.05, 0) is 66.1 Å². The van der Waals surface area contributed by atoms with Crippen LogP contribution >= 0.6 is 0 Å². The van der Waals surface area contributed by atoms with Gasteiger partial charge in [-0.25, -0.2) is 0 Å². The van der Waals surface area contributed by atoms with Crippen molar-refractivity contribution >= 4 is 5.91 Å². The number of carbonyl (C=O) groups is 1. The number of likely N-dealkylation sites (tertiary alicyclic amines) is 1. The van der Waals surface area contributed by atoms with Gasteiger partial charge in [0.1, 0.15) is 0 Å². The van der Waals surface area contributed by atoms with Gasteiger partial charge in [0.05, 0.1) is 6.54 Å². The van der Waals surface area contributed by atoms with Crippen molar-refractivity contribution in [3.63, 3.8) is 0 Å². The number of amides is 1. The van der Waals surface area contributed by atoms with E-state index < -0.39 is 0 Å². The molecule has 1 heterocycles. The predicted octanol–water partition coefficient (Wildman–Crippen LogP) is 1.61. The summed E-state index contributed by atoms with van der Waals surface area (Å²) in [5.74, 6) is 0.788. The van der Waals surface area contributed by atoms with E-state index in [1.165, 1.54) is 25.9 Å². The molecule has 1 rings (SSSR count). The Kier molecular flexibility index (Phi) is 6.27. The normalized spacial score (nSPS) is 20.3. The van der Waals surface area contributed by atoms with Crippen molar-refractivity contribution in [3.8, 4) is 0 Å². The highest BCUT2D eigenvalue weighted by atomic mass is 16.2. The highest BCUT2D eigenvalue weighted by Crippen LogP contribution is 2.20. The molecule has 1 aliphatic heterocycles. The molecule has 4 nitrogen and oxygen atoms in total. The van der Waals surface area contributed by atoms with Gasteiger partial charge in [0.2, 0.25) is 5.91 Å². The summed E-state index contributed by atoms with van der Waals surface area (Å²) in [6, 6.07) is 0.421. The third-order valence-electron chi connectivity index (χ3n) is 3.89. The zero-order valence-electron chi connectivity index (χ0n) is 13.3. The van der Waals surface area contributed by atoms with Crippen molar-refractivity contribution in [1.29, 1.82) is 0 Å². The maximum atomic E-state index is 11.8. The molecule has 1 unspecified atom stereocenters. The molecule has 1 aliphatic rings. The van der Waals surface area contributed by atoms with Crippen molar-refractivity contribution in [3.05, 3.63) is 0 Å². The van der Waals surface area contributed by atoms with Crippen LogP contribution in [0.5, 0.6) is 0 Å². The van der Waals surface area contributed by atoms with Gasteiger partial charge in [-0.15, -0.1) is 0 Å². The summed E-state index contributed by atoms with van der Waals surface area (Å²) in [5.41, 5.74) is -0.144. The van der Waals surface area contributed by atoms with Crippen LogP contribution in [-0.2, 0) is 4.79 Å². The molecule has 0 aromatic heterocycles. The summed E-state index contributed by atoms with van der Waals surface area (Å²) in [4.78, 5) is 14.3. The Morgan fingerprint density at radius 1 is 1.32 bits per heavy atom. The number of hydrogen-bond donors (Lipinski definition) is 2. The zero-order chi connectivity index (χ0) is 14.5. The van der Waals surface area contributed by atoms with Gasteiger partial charge in [0, 0.05) is 11.6 Å². The molecular formula is C15H31N3O. The number of hydrogen-bond acceptors (Lipinski definition) is 3. The Bertz CT molecular complexity index is 278. The second-order valence-electron chi connectivity index (χ2n) is 6.74. The minimum atomic E-state index is -0.144. The van der Waals surface area contributed by atoms with Crippen LogP contribution in [0.2, 0.25) is 0 Å². The van der Waals surface area contributed by atoms with E-state index in [4.69, 9.17) is 0 Å². The topological polar surface area (TPSA) is 44.4 Å². The zero-order valence-corrected chi connectivity index (χ0v) is 13.3. The Labute approximate surface area is 118 Å². The van der Waals surface area contributed by atoms with Gasteiger partial charge >= 0.3 is 0 Å². The van der Waals surface area contributed by atoms with Crippen LogP contribution in [0, 0.1) is 5.92 Å². The molecule has 112 valence electrons. The Hall–Kier alpha value is -0.610. The van der Waals surface area contributed by atoms with Gasteiger partial charge < -0.3 is 15.5 Å². The van der Waals surface area contributed by atoms with Crippen LogP contribution in [-0.4, -0.2) is 48.6 Å². The van der Waals surface area contributed by atoms with Crippen LogP contribution < -0.4 is 10.6 Å². The molecule has 0 saturated carbocycles. The smallest absolute Gasteiger partial charge is 0.234 e. The standard InChI is InChI=1S/C15H31N3O/c1-6-18-9-7-13(8-10-18)12(2)16-11-14(19)17-15(3,4)5/h12-13,16H,6-11H2,1-5H3,(H,17,19). The number of nitrogens with zero attached hydrogens (tertiary/aromatic N) is 1. The van der Waals surface area contributed by atoms with Gasteiger partial charge in [-0.1, -0.05) is 6.92 Å². The lowest BCUT2D eigenvalue weighted by atomic mass is 9.90. The molecule has 1 fully saturated rings. The number of piperidine rings is 1. The van der Waals surface area contributed by atoms with E-state index in [0.717, 1.165) is 6.54 Å². The van der Waals surface area contributed by atoms with E-state index in [2.05, 4.69) is 29.4 Å². The third kappa shape index (κ3) is 6.39. The van der Waals surface area contributed by atoms with Crippen LogP contribution in [0.25, 0.3) is 0 Å². The van der Waals surface area contributed by atoms with E-state index in [-0.39, 0.29) is 11.4 Å². The largest absolute Gasteiger partial charge is 0.350 e. The predicted molar refractivity (Wildman–Crippen MR) is 80.2 cm³/mol. The van der Waals surface area contributed by atoms with Gasteiger partial charge in [0.25, 0.3) is 0 Å². The van der Waals surface area contributed by atoms with Gasteiger partial charge in [-0.3, -0.25) is 4.79 Å². The first-order valence-corrected chi connectivity index (χ1v) is 7.58. The van der Waals surface area contributed by atoms with Crippen LogP contribution in [0.4, 0.5) is 0 Å². The monoisotopic (exact) mass is 269 g/mol. The third-order valence-corrected chi connectivity index (χ3v) is 3.89. The van der Waals surface area contributed by atoms with Crippen LogP contribution in [0.3, 0.4) is 0 Å². The first-order chi connectivity index (χ1) is 8.81. The molecule has 0 bridgehead atoms. The fraction of sp³-hybridized carbons (Fsp3) is 0.933. The van der Waals surface area contributed by atoms with Crippen molar-refractivity contribution in [1.82, 2.24) is 15.5 Å². The number of rotatable bonds is 5. The Morgan fingerprint density at radius 3 is 2.37 bits per heavy atom. The van der Waals surface area contributed by atoms with E-state index in [1.807, 2.05) is 20.8 Å². The SMILES string of the molecule is CCN1CCC(C(C)NCC(=O)NC(C)(C)C)CC1. The highest BCUT2D eigenvalue weighted by molar-refractivity contribution is 5.78. The van der Waals surface area contributed by atoms with E-state index in [9.17, 15) is 4.79 Å². The average molecular weight is 269 g/mol. The molecule has 0 aromatic rings. The van der Waals surface area contributed by atoms with Gasteiger partial charge in [-0.2, -0.15) is 0 Å². The summed E-state index contributed by atoms with van der Waals surface area (Å²) in [7, 11) is 0. The quantitative estimate of drug-likeness (QED) is 0.797. The summed E-state index contributed by atoms with van der Waals surface area (Å²) >= 11 is 0. The molecule has 1 atom stereocenters. The first-order valence-electron chi connectivity index (χ1n) is 7.58. The fourth-order valence-corrected chi connectivity index (χ4v) is 2.65. The van der Waals surface area contributed by atoms with Crippen LogP contribution in [0.1, 0.15) is 47.5 Å². The molecule has 0 aromatic carbocycles.